The first-order chi connectivity index (χ1) is 34.9. The van der Waals surface area contributed by atoms with E-state index in [1.54, 1.807) is 0 Å². The first-order valence-corrected chi connectivity index (χ1v) is 27.1. The molecule has 2 amide bonds. The van der Waals surface area contributed by atoms with Gasteiger partial charge in [0.05, 0.1) is 26.4 Å². The van der Waals surface area contributed by atoms with Crippen LogP contribution in [0.25, 0.3) is 43.7 Å². The lowest BCUT2D eigenvalue weighted by molar-refractivity contribution is -0.642. The summed E-state index contributed by atoms with van der Waals surface area (Å²) in [5.41, 5.74) is 9.88. The van der Waals surface area contributed by atoms with Gasteiger partial charge in [-0.2, -0.15) is 9.13 Å². The predicted octanol–water partition coefficient (Wildman–Crippen LogP) is 10.4. The van der Waals surface area contributed by atoms with Crippen LogP contribution in [0.2, 0.25) is 0 Å². The van der Waals surface area contributed by atoms with Gasteiger partial charge in [-0.25, -0.2) is 0 Å². The molecule has 0 fully saturated rings. The van der Waals surface area contributed by atoms with Crippen LogP contribution in [0, 0.1) is 0 Å². The summed E-state index contributed by atoms with van der Waals surface area (Å²) < 4.78 is 24.1. The minimum atomic E-state index is 0.101. The van der Waals surface area contributed by atoms with Crippen LogP contribution in [-0.4, -0.2) is 77.6 Å². The molecule has 8 rings (SSSR count). The van der Waals surface area contributed by atoms with Crippen molar-refractivity contribution in [2.45, 2.75) is 64.2 Å². The van der Waals surface area contributed by atoms with Crippen molar-refractivity contribution in [2.75, 3.05) is 75.6 Å². The Bertz CT molecular complexity index is 2640. The second-order valence-corrected chi connectivity index (χ2v) is 20.2. The summed E-state index contributed by atoms with van der Waals surface area (Å²) >= 11 is 3.63. The number of fused-ring (bicyclic) bond motifs is 4. The van der Waals surface area contributed by atoms with Crippen molar-refractivity contribution < 1.29 is 32.9 Å². The number of nitrogens with zero attached hydrogens (tertiary/aromatic N) is 4. The molecule has 372 valence electrons. The molecule has 0 radical (unpaired) electrons. The van der Waals surface area contributed by atoms with Crippen LogP contribution in [0.15, 0.2) is 122 Å². The van der Waals surface area contributed by atoms with Gasteiger partial charge in [0.1, 0.15) is 23.5 Å². The third-order valence-electron chi connectivity index (χ3n) is 12.9. The molecule has 0 saturated carbocycles. The number of aryl methyl sites for hydroxylation is 2. The highest BCUT2D eigenvalue weighted by Crippen LogP contribution is 2.36. The number of allylic oxidation sites excluding steroid dienone is 4. The molecule has 2 aromatic heterocycles. The molecule has 4 aromatic carbocycles. The molecule has 0 saturated heterocycles. The number of carbonyl (C=O) groups is 2. The fourth-order valence-electron chi connectivity index (χ4n) is 9.03. The summed E-state index contributed by atoms with van der Waals surface area (Å²) in [6.07, 6.45) is 21.8. The summed E-state index contributed by atoms with van der Waals surface area (Å²) in [5, 5.41) is 8.51. The molecule has 2 aliphatic rings. The van der Waals surface area contributed by atoms with E-state index in [9.17, 15) is 9.59 Å². The molecule has 11 nitrogen and oxygen atoms in total. The second-order valence-electron chi connectivity index (χ2n) is 18.1. The van der Waals surface area contributed by atoms with E-state index in [0.29, 0.717) is 65.6 Å². The average molecular weight is 995 g/mol. The smallest absolute Gasteiger partial charge is 0.263 e. The number of benzene rings is 4. The van der Waals surface area contributed by atoms with Crippen molar-refractivity contribution in [1.82, 2.24) is 10.6 Å². The van der Waals surface area contributed by atoms with Gasteiger partial charge in [-0.1, -0.05) is 96.2 Å². The average Bonchev–Trinajstić information content (AvgIpc) is 3.89. The van der Waals surface area contributed by atoms with Gasteiger partial charge in [0, 0.05) is 111 Å². The number of thiazole rings is 2. The van der Waals surface area contributed by atoms with E-state index in [-0.39, 0.29) is 11.8 Å². The van der Waals surface area contributed by atoms with Crippen LogP contribution in [0.3, 0.4) is 0 Å². The van der Waals surface area contributed by atoms with Gasteiger partial charge >= 0.3 is 0 Å². The van der Waals surface area contributed by atoms with Gasteiger partial charge in [-0.3, -0.25) is 9.59 Å². The standard InChI is InChI=1S/C58H68N6O5S2/c1-61-51-23-11-13-25-53(51)70-57(61)43-45-29-35-63(49-21-9-7-19-47(45)49)33-15-3-5-27-55(65)59-31-17-37-67-39-41-69-42-40-68-38-18-32-60-56(66)28-6-4-16-34-64-36-30-46(48-20-8-10-22-50(48)64)44-58-62(2)52-24-12-14-26-54(52)71-58/h7-14,19-26,29-30,35-36,43-44H,3-6,15-18,27-28,31-34,37-42H2,1-2H3/p+2. The molecule has 2 aliphatic heterocycles. The van der Waals surface area contributed by atoms with Gasteiger partial charge in [-0.05, 0) is 86.1 Å². The highest BCUT2D eigenvalue weighted by molar-refractivity contribution is 7.19. The Kier molecular flexibility index (Phi) is 19.6. The molecule has 0 bridgehead atoms. The van der Waals surface area contributed by atoms with E-state index in [1.807, 2.05) is 22.7 Å². The maximum atomic E-state index is 12.4. The Morgan fingerprint density at radius 2 is 0.915 bits per heavy atom. The van der Waals surface area contributed by atoms with Gasteiger partial charge in [0.15, 0.2) is 0 Å². The van der Waals surface area contributed by atoms with Gasteiger partial charge < -0.3 is 34.6 Å². The zero-order valence-electron chi connectivity index (χ0n) is 41.5. The normalized spacial score (nSPS) is 14.2. The summed E-state index contributed by atoms with van der Waals surface area (Å²) in [4.78, 5) is 29.5. The fraction of sp³-hybridized carbons (Fsp3) is 0.379. The predicted molar refractivity (Wildman–Crippen MR) is 292 cm³/mol. The summed E-state index contributed by atoms with van der Waals surface area (Å²) in [5.74, 6) is 0.202. The lowest BCUT2D eigenvalue weighted by Gasteiger charge is -2.27. The van der Waals surface area contributed by atoms with E-state index in [1.165, 1.54) is 64.1 Å². The number of unbranched alkanes of at least 4 members (excludes halogenated alkanes) is 4. The number of ether oxygens (including phenoxy) is 3. The Hall–Kier alpha value is -5.96. The maximum Gasteiger partial charge on any atom is 0.263 e. The Morgan fingerprint density at radius 1 is 0.507 bits per heavy atom. The zero-order valence-corrected chi connectivity index (χ0v) is 43.1. The number of rotatable bonds is 28. The molecule has 2 N–H and O–H groups in total. The molecule has 13 heteroatoms. The monoisotopic (exact) mass is 994 g/mol. The van der Waals surface area contributed by atoms with Crippen molar-refractivity contribution in [3.05, 3.63) is 143 Å². The molecular weight excluding hydrogens is 925 g/mol. The first kappa shape index (κ1) is 51.4. The first-order valence-electron chi connectivity index (χ1n) is 25.5. The molecule has 6 aromatic rings. The summed E-state index contributed by atoms with van der Waals surface area (Å²) in [7, 11) is 4.27. The third-order valence-corrected chi connectivity index (χ3v) is 15.3. The molecule has 4 heterocycles. The molecule has 0 unspecified atom stereocenters. The minimum Gasteiger partial charge on any atom is -0.379 e. The number of amides is 2. The van der Waals surface area contributed by atoms with E-state index >= 15 is 0 Å². The van der Waals surface area contributed by atoms with Gasteiger partial charge in [-0.15, -0.1) is 0 Å². The second kappa shape index (κ2) is 27.0. The maximum absolute atomic E-state index is 12.4. The number of para-hydroxylation sites is 4. The lowest BCUT2D eigenvalue weighted by Crippen LogP contribution is -2.29. The van der Waals surface area contributed by atoms with E-state index in [0.717, 1.165) is 64.5 Å². The Morgan fingerprint density at radius 3 is 1.37 bits per heavy atom. The molecular formula is C58H70N6O5S2+2. The van der Waals surface area contributed by atoms with Crippen molar-refractivity contribution in [3.63, 3.8) is 0 Å². The molecule has 0 aliphatic carbocycles. The van der Waals surface area contributed by atoms with Crippen LogP contribution in [0.5, 0.6) is 0 Å². The number of hydrogen-bond acceptors (Lipinski definition) is 9. The van der Waals surface area contributed by atoms with Crippen molar-refractivity contribution in [3.8, 4) is 0 Å². The number of aromatic nitrogens is 2. The Balaban J connectivity index is 0.579. The topological polar surface area (TPSA) is 100 Å². The number of anilines is 2. The highest BCUT2D eigenvalue weighted by atomic mass is 32.1. The summed E-state index contributed by atoms with van der Waals surface area (Å²) in [6, 6.07) is 34.3. The van der Waals surface area contributed by atoms with Crippen LogP contribution in [-0.2, 0) is 37.9 Å². The largest absolute Gasteiger partial charge is 0.379 e. The zero-order chi connectivity index (χ0) is 49.0. The van der Waals surface area contributed by atoms with Gasteiger partial charge in [0.25, 0.3) is 10.0 Å². The number of hydrogen-bond donors (Lipinski definition) is 2. The van der Waals surface area contributed by atoms with Crippen molar-refractivity contribution in [1.29, 1.82) is 0 Å². The molecule has 71 heavy (non-hydrogen) atoms. The Labute approximate surface area is 427 Å². The lowest BCUT2D eigenvalue weighted by atomic mass is 9.99. The molecule has 0 spiro atoms. The fourth-order valence-corrected chi connectivity index (χ4v) is 11.2. The van der Waals surface area contributed by atoms with Gasteiger partial charge in [0.2, 0.25) is 22.8 Å². The van der Waals surface area contributed by atoms with E-state index in [2.05, 4.69) is 177 Å². The van der Waals surface area contributed by atoms with Crippen LogP contribution >= 0.6 is 22.7 Å². The summed E-state index contributed by atoms with van der Waals surface area (Å²) in [6.45, 7) is 6.23. The van der Waals surface area contributed by atoms with Crippen LogP contribution in [0.4, 0.5) is 11.4 Å². The van der Waals surface area contributed by atoms with Crippen LogP contribution < -0.4 is 29.6 Å². The third kappa shape index (κ3) is 14.6. The quantitative estimate of drug-likeness (QED) is 0.0373. The number of nitrogens with one attached hydrogen (secondary N) is 2. The van der Waals surface area contributed by atoms with E-state index in [4.69, 9.17) is 14.2 Å². The SMILES string of the molecule is C[n+]1c(/C=C2/C=CN(CCCCCC(=O)NCCCOCCOCCOCCCNC(=O)CCCCCN3C=C/C(=C\c4sc5ccccc5[n+]4C)c4ccccc43)c3ccccc32)sc2ccccc21. The van der Waals surface area contributed by atoms with Crippen molar-refractivity contribution in [2.24, 2.45) is 14.1 Å². The van der Waals surface area contributed by atoms with Crippen LogP contribution in [0.1, 0.15) is 85.4 Å². The highest BCUT2D eigenvalue weighted by Gasteiger charge is 2.22. The van der Waals surface area contributed by atoms with Crippen molar-refractivity contribution >= 4 is 89.6 Å². The number of carbonyl (C=O) groups excluding carboxylic acids is 2. The van der Waals surface area contributed by atoms with E-state index < -0.39 is 0 Å². The molecule has 0 atom stereocenters. The minimum absolute atomic E-state index is 0.101.